The molecule has 0 aliphatic carbocycles. The number of hydrogen-bond acceptors (Lipinski definition) is 2. The zero-order chi connectivity index (χ0) is 12.9. The van der Waals surface area contributed by atoms with Crippen molar-refractivity contribution >= 4 is 0 Å². The molecule has 2 heterocycles. The fraction of sp³-hybridized carbons (Fsp3) is 0.353. The minimum atomic E-state index is 0.595. The smallest absolute Gasteiger partial charge is 0.0719 e. The molecule has 1 aromatic carbocycles. The average Bonchev–Trinajstić information content (AvgIpc) is 2.44. The van der Waals surface area contributed by atoms with E-state index in [0.29, 0.717) is 5.92 Å². The van der Waals surface area contributed by atoms with Gasteiger partial charge in [0.15, 0.2) is 0 Å². The lowest BCUT2D eigenvalue weighted by Crippen LogP contribution is -2.17. The summed E-state index contributed by atoms with van der Waals surface area (Å²) in [6, 6.07) is 12.8. The highest BCUT2D eigenvalue weighted by atomic mass is 16.5. The fourth-order valence-electron chi connectivity index (χ4n) is 2.73. The van der Waals surface area contributed by atoms with Gasteiger partial charge in [-0.15, -0.1) is 0 Å². The molecule has 1 aliphatic rings. The lowest BCUT2D eigenvalue weighted by atomic mass is 9.91. The van der Waals surface area contributed by atoms with E-state index in [4.69, 9.17) is 4.74 Å². The van der Waals surface area contributed by atoms with Gasteiger partial charge in [0.1, 0.15) is 0 Å². The highest BCUT2D eigenvalue weighted by Gasteiger charge is 2.15. The number of aryl methyl sites for hydroxylation is 1. The van der Waals surface area contributed by atoms with Crippen molar-refractivity contribution in [1.29, 1.82) is 0 Å². The minimum absolute atomic E-state index is 0.595. The Morgan fingerprint density at radius 2 is 2.00 bits per heavy atom. The van der Waals surface area contributed by atoms with E-state index < -0.39 is 0 Å². The standard InChI is InChI=1S/C17H19NO/c1-2-6-17-13-19-12-15(7-8-16(17)5-1)10-14-4-3-9-18-11-14/h1-6,9,11,15H,7-8,10,12-13H2/t15-/m1/s1. The zero-order valence-corrected chi connectivity index (χ0v) is 11.1. The van der Waals surface area contributed by atoms with Crippen LogP contribution in [0.5, 0.6) is 0 Å². The second kappa shape index (κ2) is 5.98. The highest BCUT2D eigenvalue weighted by molar-refractivity contribution is 5.27. The molecule has 19 heavy (non-hydrogen) atoms. The van der Waals surface area contributed by atoms with Gasteiger partial charge in [0.05, 0.1) is 13.2 Å². The van der Waals surface area contributed by atoms with Crippen molar-refractivity contribution in [3.05, 3.63) is 65.5 Å². The lowest BCUT2D eigenvalue weighted by Gasteiger charge is -2.21. The van der Waals surface area contributed by atoms with Crippen LogP contribution in [-0.2, 0) is 24.2 Å². The second-order valence-corrected chi connectivity index (χ2v) is 5.25. The Kier molecular flexibility index (Phi) is 3.89. The van der Waals surface area contributed by atoms with E-state index in [-0.39, 0.29) is 0 Å². The number of pyridine rings is 1. The first kappa shape index (κ1) is 12.4. The predicted molar refractivity (Wildman–Crippen MR) is 75.9 cm³/mol. The Hall–Kier alpha value is -1.67. The van der Waals surface area contributed by atoms with Gasteiger partial charge in [-0.25, -0.2) is 0 Å². The van der Waals surface area contributed by atoms with Crippen molar-refractivity contribution in [2.24, 2.45) is 5.92 Å². The number of rotatable bonds is 2. The molecule has 2 nitrogen and oxygen atoms in total. The Morgan fingerprint density at radius 1 is 1.11 bits per heavy atom. The Morgan fingerprint density at radius 3 is 2.84 bits per heavy atom. The normalized spacial score (nSPS) is 19.3. The summed E-state index contributed by atoms with van der Waals surface area (Å²) >= 11 is 0. The molecule has 0 spiro atoms. The first-order chi connectivity index (χ1) is 9.42. The largest absolute Gasteiger partial charge is 0.376 e. The molecular weight excluding hydrogens is 234 g/mol. The molecule has 0 bridgehead atoms. The number of benzene rings is 1. The van der Waals surface area contributed by atoms with E-state index in [2.05, 4.69) is 35.3 Å². The molecule has 0 saturated heterocycles. The molecule has 0 saturated carbocycles. The number of fused-ring (bicyclic) bond motifs is 1. The van der Waals surface area contributed by atoms with Crippen molar-refractivity contribution in [2.75, 3.05) is 6.61 Å². The summed E-state index contributed by atoms with van der Waals surface area (Å²) in [5, 5.41) is 0. The van der Waals surface area contributed by atoms with E-state index in [1.54, 1.807) is 0 Å². The molecule has 2 aromatic rings. The van der Waals surface area contributed by atoms with Crippen LogP contribution in [0.1, 0.15) is 23.1 Å². The Labute approximate surface area is 114 Å². The number of nitrogens with zero attached hydrogens (tertiary/aromatic N) is 1. The molecule has 0 fully saturated rings. The molecule has 1 aliphatic heterocycles. The average molecular weight is 253 g/mol. The molecule has 98 valence electrons. The van der Waals surface area contributed by atoms with Gasteiger partial charge >= 0.3 is 0 Å². The van der Waals surface area contributed by atoms with Crippen LogP contribution in [0.2, 0.25) is 0 Å². The summed E-state index contributed by atoms with van der Waals surface area (Å²) in [7, 11) is 0. The molecule has 0 amide bonds. The summed E-state index contributed by atoms with van der Waals surface area (Å²) in [5.74, 6) is 0.595. The summed E-state index contributed by atoms with van der Waals surface area (Å²) in [6.07, 6.45) is 7.20. The lowest BCUT2D eigenvalue weighted by molar-refractivity contribution is 0.0792. The van der Waals surface area contributed by atoms with Gasteiger partial charge in [0.25, 0.3) is 0 Å². The summed E-state index contributed by atoms with van der Waals surface area (Å²) in [5.41, 5.74) is 4.10. The molecule has 0 unspecified atom stereocenters. The van der Waals surface area contributed by atoms with E-state index in [1.165, 1.54) is 23.1 Å². The van der Waals surface area contributed by atoms with Gasteiger partial charge < -0.3 is 4.74 Å². The quantitative estimate of drug-likeness (QED) is 0.818. The molecule has 0 N–H and O–H groups in total. The summed E-state index contributed by atoms with van der Waals surface area (Å²) in [6.45, 7) is 1.60. The van der Waals surface area contributed by atoms with Crippen molar-refractivity contribution < 1.29 is 4.74 Å². The maximum absolute atomic E-state index is 5.87. The number of hydrogen-bond donors (Lipinski definition) is 0. The molecule has 2 heteroatoms. The minimum Gasteiger partial charge on any atom is -0.376 e. The second-order valence-electron chi connectivity index (χ2n) is 5.25. The van der Waals surface area contributed by atoms with Crippen LogP contribution in [0.15, 0.2) is 48.8 Å². The first-order valence-electron chi connectivity index (χ1n) is 6.95. The summed E-state index contributed by atoms with van der Waals surface area (Å²) in [4.78, 5) is 4.19. The maximum atomic E-state index is 5.87. The van der Waals surface area contributed by atoms with Gasteiger partial charge in [0, 0.05) is 12.4 Å². The van der Waals surface area contributed by atoms with E-state index in [9.17, 15) is 0 Å². The van der Waals surface area contributed by atoms with Crippen molar-refractivity contribution in [2.45, 2.75) is 25.9 Å². The number of aromatic nitrogens is 1. The van der Waals surface area contributed by atoms with Crippen molar-refractivity contribution in [1.82, 2.24) is 4.98 Å². The molecular formula is C17H19NO. The van der Waals surface area contributed by atoms with Crippen LogP contribution in [0.3, 0.4) is 0 Å². The van der Waals surface area contributed by atoms with Crippen LogP contribution >= 0.6 is 0 Å². The van der Waals surface area contributed by atoms with E-state index in [0.717, 1.165) is 26.1 Å². The van der Waals surface area contributed by atoms with Crippen LogP contribution < -0.4 is 0 Å². The van der Waals surface area contributed by atoms with Gasteiger partial charge in [0.2, 0.25) is 0 Å². The third kappa shape index (κ3) is 3.21. The van der Waals surface area contributed by atoms with Crippen molar-refractivity contribution in [3.63, 3.8) is 0 Å². The topological polar surface area (TPSA) is 22.1 Å². The SMILES string of the molecule is c1cncc(C[C@H]2CCc3ccccc3COC2)c1. The van der Waals surface area contributed by atoms with Crippen LogP contribution in [0, 0.1) is 5.92 Å². The monoisotopic (exact) mass is 253 g/mol. The number of ether oxygens (including phenoxy) is 1. The van der Waals surface area contributed by atoms with Gasteiger partial charge in [-0.05, 0) is 47.9 Å². The van der Waals surface area contributed by atoms with E-state index >= 15 is 0 Å². The molecule has 3 rings (SSSR count). The third-order valence-electron chi connectivity index (χ3n) is 3.80. The third-order valence-corrected chi connectivity index (χ3v) is 3.80. The predicted octanol–water partition coefficient (Wildman–Crippen LogP) is 3.40. The first-order valence-corrected chi connectivity index (χ1v) is 6.95. The molecule has 1 aromatic heterocycles. The summed E-state index contributed by atoms with van der Waals surface area (Å²) < 4.78 is 5.87. The molecule has 1 atom stereocenters. The highest BCUT2D eigenvalue weighted by Crippen LogP contribution is 2.21. The van der Waals surface area contributed by atoms with Gasteiger partial charge in [-0.2, -0.15) is 0 Å². The zero-order valence-electron chi connectivity index (χ0n) is 11.1. The molecule has 0 radical (unpaired) electrons. The van der Waals surface area contributed by atoms with Gasteiger partial charge in [-0.1, -0.05) is 30.3 Å². The van der Waals surface area contributed by atoms with Crippen LogP contribution in [0.4, 0.5) is 0 Å². The fourth-order valence-corrected chi connectivity index (χ4v) is 2.73. The Balaban J connectivity index is 1.67. The Bertz CT molecular complexity index is 524. The van der Waals surface area contributed by atoms with Crippen molar-refractivity contribution in [3.8, 4) is 0 Å². The maximum Gasteiger partial charge on any atom is 0.0719 e. The van der Waals surface area contributed by atoms with E-state index in [1.807, 2.05) is 18.5 Å². The van der Waals surface area contributed by atoms with Gasteiger partial charge in [-0.3, -0.25) is 4.98 Å². The van der Waals surface area contributed by atoms with Crippen LogP contribution in [0.25, 0.3) is 0 Å². The van der Waals surface area contributed by atoms with Crippen LogP contribution in [-0.4, -0.2) is 11.6 Å².